The molecular weight excluding hydrogens is 366 g/mol. The highest BCUT2D eigenvalue weighted by Crippen LogP contribution is 2.31. The molecule has 2 rings (SSSR count). The number of nitrogens with zero attached hydrogens (tertiary/aromatic N) is 2. The van der Waals surface area contributed by atoms with Gasteiger partial charge in [0.15, 0.2) is 5.96 Å². The van der Waals surface area contributed by atoms with Crippen LogP contribution in [0.25, 0.3) is 0 Å². The highest BCUT2D eigenvalue weighted by atomic mass is 16.5. The molecule has 1 amide bonds. The molecule has 162 valence electrons. The van der Waals surface area contributed by atoms with E-state index < -0.39 is 5.41 Å². The van der Waals surface area contributed by atoms with Crippen molar-refractivity contribution in [2.45, 2.75) is 39.7 Å². The molecule has 1 fully saturated rings. The standard InChI is InChI=1S/C22H37N5O2/c1-6-24-20(28)22(2,3)16-26-21(23-4)25-15-18(27-13-9-10-14-27)17-11-7-8-12-19(17)29-5/h7-8,11-12,18H,6,9-10,13-16H2,1-5H3,(H,24,28)(H2,23,25,26). The number of carbonyl (C=O) groups is 1. The summed E-state index contributed by atoms with van der Waals surface area (Å²) >= 11 is 0. The second kappa shape index (κ2) is 11.0. The van der Waals surface area contributed by atoms with E-state index in [1.807, 2.05) is 32.9 Å². The van der Waals surface area contributed by atoms with Crippen LogP contribution in [-0.2, 0) is 4.79 Å². The van der Waals surface area contributed by atoms with Gasteiger partial charge in [-0.2, -0.15) is 0 Å². The first-order valence-corrected chi connectivity index (χ1v) is 10.5. The third-order valence-corrected chi connectivity index (χ3v) is 5.42. The summed E-state index contributed by atoms with van der Waals surface area (Å²) in [6.07, 6.45) is 2.44. The van der Waals surface area contributed by atoms with E-state index in [1.165, 1.54) is 18.4 Å². The van der Waals surface area contributed by atoms with E-state index in [0.717, 1.165) is 18.8 Å². The smallest absolute Gasteiger partial charge is 0.227 e. The summed E-state index contributed by atoms with van der Waals surface area (Å²) in [5.74, 6) is 1.64. The van der Waals surface area contributed by atoms with Crippen molar-refractivity contribution in [3.05, 3.63) is 29.8 Å². The van der Waals surface area contributed by atoms with Crippen LogP contribution >= 0.6 is 0 Å². The van der Waals surface area contributed by atoms with Crippen molar-refractivity contribution in [2.24, 2.45) is 10.4 Å². The molecule has 1 atom stereocenters. The number of aliphatic imine (C=N–C) groups is 1. The summed E-state index contributed by atoms with van der Waals surface area (Å²) in [6, 6.07) is 8.41. The molecule has 1 saturated heterocycles. The number of likely N-dealkylation sites (tertiary alicyclic amines) is 1. The summed E-state index contributed by atoms with van der Waals surface area (Å²) < 4.78 is 5.62. The lowest BCUT2D eigenvalue weighted by Gasteiger charge is -2.30. The molecule has 7 nitrogen and oxygen atoms in total. The van der Waals surface area contributed by atoms with E-state index in [2.05, 4.69) is 38.0 Å². The average molecular weight is 404 g/mol. The Bertz CT molecular complexity index is 684. The van der Waals surface area contributed by atoms with Gasteiger partial charge < -0.3 is 20.7 Å². The number of hydrogen-bond acceptors (Lipinski definition) is 4. The molecule has 3 N–H and O–H groups in total. The summed E-state index contributed by atoms with van der Waals surface area (Å²) in [6.45, 7) is 9.80. The summed E-state index contributed by atoms with van der Waals surface area (Å²) in [4.78, 5) is 19.1. The predicted molar refractivity (Wildman–Crippen MR) is 118 cm³/mol. The molecule has 0 aromatic heterocycles. The number of methoxy groups -OCH3 is 1. The topological polar surface area (TPSA) is 78.0 Å². The van der Waals surface area contributed by atoms with Crippen molar-refractivity contribution in [1.82, 2.24) is 20.9 Å². The van der Waals surface area contributed by atoms with Gasteiger partial charge in [0.25, 0.3) is 0 Å². The van der Waals surface area contributed by atoms with Crippen LogP contribution in [0.1, 0.15) is 45.2 Å². The van der Waals surface area contributed by atoms with E-state index in [9.17, 15) is 4.79 Å². The Morgan fingerprint density at radius 1 is 1.21 bits per heavy atom. The first-order chi connectivity index (χ1) is 13.9. The summed E-state index contributed by atoms with van der Waals surface area (Å²) in [5.41, 5.74) is 0.660. The van der Waals surface area contributed by atoms with Crippen molar-refractivity contribution >= 4 is 11.9 Å². The Labute approximate surface area is 175 Å². The SMILES string of the molecule is CCNC(=O)C(C)(C)CNC(=NC)NCC(c1ccccc1OC)N1CCCC1. The summed E-state index contributed by atoms with van der Waals surface area (Å²) in [7, 11) is 3.47. The number of para-hydroxylation sites is 1. The minimum atomic E-state index is -0.523. The molecule has 1 heterocycles. The highest BCUT2D eigenvalue weighted by molar-refractivity contribution is 5.84. The Kier molecular flexibility index (Phi) is 8.76. The van der Waals surface area contributed by atoms with Gasteiger partial charge in [0.05, 0.1) is 18.6 Å². The van der Waals surface area contributed by atoms with Crippen LogP contribution in [0.4, 0.5) is 0 Å². The highest BCUT2D eigenvalue weighted by Gasteiger charge is 2.28. The maximum Gasteiger partial charge on any atom is 0.227 e. The second-order valence-electron chi connectivity index (χ2n) is 8.05. The fourth-order valence-corrected chi connectivity index (χ4v) is 3.63. The molecule has 1 unspecified atom stereocenters. The number of ether oxygens (including phenoxy) is 1. The van der Waals surface area contributed by atoms with Gasteiger partial charge >= 0.3 is 0 Å². The second-order valence-corrected chi connectivity index (χ2v) is 8.05. The molecule has 1 aromatic carbocycles. The normalized spacial score (nSPS) is 16.4. The number of guanidine groups is 1. The van der Waals surface area contributed by atoms with Gasteiger partial charge in [-0.05, 0) is 52.8 Å². The number of benzene rings is 1. The molecule has 0 saturated carbocycles. The molecule has 1 aromatic rings. The lowest BCUT2D eigenvalue weighted by Crippen LogP contribution is -2.49. The molecule has 0 radical (unpaired) electrons. The van der Waals surface area contributed by atoms with Crippen LogP contribution in [-0.4, -0.2) is 63.6 Å². The number of amides is 1. The van der Waals surface area contributed by atoms with Crippen LogP contribution in [0.5, 0.6) is 5.75 Å². The molecule has 7 heteroatoms. The van der Waals surface area contributed by atoms with Crippen molar-refractivity contribution < 1.29 is 9.53 Å². The largest absolute Gasteiger partial charge is 0.496 e. The van der Waals surface area contributed by atoms with Gasteiger partial charge in [0.1, 0.15) is 5.75 Å². The fourth-order valence-electron chi connectivity index (χ4n) is 3.63. The third kappa shape index (κ3) is 6.35. The van der Waals surface area contributed by atoms with Crippen molar-refractivity contribution in [1.29, 1.82) is 0 Å². The Morgan fingerprint density at radius 3 is 2.52 bits per heavy atom. The zero-order valence-corrected chi connectivity index (χ0v) is 18.5. The molecule has 0 aliphatic carbocycles. The maximum atomic E-state index is 12.2. The molecule has 0 spiro atoms. The number of rotatable bonds is 9. The van der Waals surface area contributed by atoms with Crippen molar-refractivity contribution in [3.63, 3.8) is 0 Å². The number of carbonyl (C=O) groups excluding carboxylic acids is 1. The molecule has 0 bridgehead atoms. The van der Waals surface area contributed by atoms with Gasteiger partial charge in [0.2, 0.25) is 5.91 Å². The molecule has 1 aliphatic heterocycles. The third-order valence-electron chi connectivity index (χ3n) is 5.42. The zero-order chi connectivity index (χ0) is 21.3. The monoisotopic (exact) mass is 403 g/mol. The molecule has 1 aliphatic rings. The number of hydrogen-bond donors (Lipinski definition) is 3. The van der Waals surface area contributed by atoms with Gasteiger partial charge in [-0.3, -0.25) is 14.7 Å². The Balaban J connectivity index is 2.04. The first kappa shape index (κ1) is 23.0. The van der Waals surface area contributed by atoms with E-state index in [4.69, 9.17) is 4.74 Å². The first-order valence-electron chi connectivity index (χ1n) is 10.5. The van der Waals surface area contributed by atoms with Crippen LogP contribution in [0.15, 0.2) is 29.3 Å². The minimum absolute atomic E-state index is 0.0342. The fraction of sp³-hybridized carbons (Fsp3) is 0.636. The van der Waals surface area contributed by atoms with Crippen molar-refractivity contribution in [3.8, 4) is 5.75 Å². The Hall–Kier alpha value is -2.28. The molecular formula is C22H37N5O2. The van der Waals surface area contributed by atoms with E-state index >= 15 is 0 Å². The van der Waals surface area contributed by atoms with E-state index in [0.29, 0.717) is 25.6 Å². The number of nitrogens with one attached hydrogen (secondary N) is 3. The lowest BCUT2D eigenvalue weighted by atomic mass is 9.92. The quantitative estimate of drug-likeness (QED) is 0.435. The predicted octanol–water partition coefficient (Wildman–Crippen LogP) is 2.16. The summed E-state index contributed by atoms with van der Waals surface area (Å²) in [5, 5.41) is 9.64. The minimum Gasteiger partial charge on any atom is -0.496 e. The Morgan fingerprint density at radius 2 is 1.90 bits per heavy atom. The maximum absolute atomic E-state index is 12.2. The molecule has 29 heavy (non-hydrogen) atoms. The van der Waals surface area contributed by atoms with Crippen LogP contribution in [0.2, 0.25) is 0 Å². The van der Waals surface area contributed by atoms with E-state index in [1.54, 1.807) is 14.2 Å². The van der Waals surface area contributed by atoms with Gasteiger partial charge in [-0.1, -0.05) is 18.2 Å². The van der Waals surface area contributed by atoms with Crippen LogP contribution in [0.3, 0.4) is 0 Å². The van der Waals surface area contributed by atoms with Gasteiger partial charge in [-0.15, -0.1) is 0 Å². The zero-order valence-electron chi connectivity index (χ0n) is 18.5. The van der Waals surface area contributed by atoms with Crippen LogP contribution < -0.4 is 20.7 Å². The van der Waals surface area contributed by atoms with Crippen LogP contribution in [0, 0.1) is 5.41 Å². The lowest BCUT2D eigenvalue weighted by molar-refractivity contribution is -0.128. The van der Waals surface area contributed by atoms with Crippen molar-refractivity contribution in [2.75, 3.05) is 46.9 Å². The van der Waals surface area contributed by atoms with E-state index in [-0.39, 0.29) is 11.9 Å². The van der Waals surface area contributed by atoms with Gasteiger partial charge in [0, 0.05) is 32.2 Å². The average Bonchev–Trinajstić information content (AvgIpc) is 3.25. The van der Waals surface area contributed by atoms with Gasteiger partial charge in [-0.25, -0.2) is 0 Å².